The van der Waals surface area contributed by atoms with E-state index in [1.807, 2.05) is 0 Å². The van der Waals surface area contributed by atoms with Crippen LogP contribution in [-0.4, -0.2) is 19.3 Å². The summed E-state index contributed by atoms with van der Waals surface area (Å²) in [6, 6.07) is 0. The van der Waals surface area contributed by atoms with Crippen molar-refractivity contribution < 1.29 is 13.2 Å². The monoisotopic (exact) mass is 179 g/mol. The molecule has 1 aliphatic carbocycles. The average Bonchev–Trinajstić information content (AvgIpc) is 2.37. The van der Waals surface area contributed by atoms with Gasteiger partial charge >= 0.3 is 6.18 Å². The number of alkyl halides is 3. The van der Waals surface area contributed by atoms with Crippen LogP contribution in [0.15, 0.2) is 0 Å². The molecule has 0 aromatic rings. The van der Waals surface area contributed by atoms with Crippen LogP contribution in [-0.2, 0) is 0 Å². The molecule has 0 bridgehead atoms. The summed E-state index contributed by atoms with van der Waals surface area (Å²) in [5, 5.41) is 2.85. The fourth-order valence-electron chi connectivity index (χ4n) is 2.62. The highest BCUT2D eigenvalue weighted by Gasteiger charge is 2.62. The average molecular weight is 179 g/mol. The Labute approximate surface area is 69.3 Å². The second kappa shape index (κ2) is 2.37. The maximum atomic E-state index is 12.7. The van der Waals surface area contributed by atoms with Crippen molar-refractivity contribution in [1.29, 1.82) is 0 Å². The summed E-state index contributed by atoms with van der Waals surface area (Å²) in [6.45, 7) is 0.695. The van der Waals surface area contributed by atoms with E-state index in [2.05, 4.69) is 5.32 Å². The minimum Gasteiger partial charge on any atom is -0.316 e. The largest absolute Gasteiger partial charge is 0.396 e. The highest BCUT2D eigenvalue weighted by molar-refractivity contribution is 5.03. The van der Waals surface area contributed by atoms with Gasteiger partial charge in [0.15, 0.2) is 0 Å². The second-order valence-electron chi connectivity index (χ2n) is 3.87. The Morgan fingerprint density at radius 1 is 1.33 bits per heavy atom. The molecule has 0 unspecified atom stereocenters. The number of rotatable bonds is 0. The Balaban J connectivity index is 2.28. The summed E-state index contributed by atoms with van der Waals surface area (Å²) in [7, 11) is 0. The van der Waals surface area contributed by atoms with Gasteiger partial charge in [0.25, 0.3) is 0 Å². The van der Waals surface area contributed by atoms with Crippen LogP contribution in [0.25, 0.3) is 0 Å². The van der Waals surface area contributed by atoms with Crippen molar-refractivity contribution in [3.8, 4) is 0 Å². The fraction of sp³-hybridized carbons (Fsp3) is 1.00. The van der Waals surface area contributed by atoms with E-state index < -0.39 is 11.6 Å². The first kappa shape index (κ1) is 8.35. The van der Waals surface area contributed by atoms with Gasteiger partial charge in [-0.2, -0.15) is 13.2 Å². The maximum absolute atomic E-state index is 12.7. The molecule has 0 aromatic carbocycles. The molecule has 2 aliphatic rings. The van der Waals surface area contributed by atoms with Gasteiger partial charge in [-0.25, -0.2) is 0 Å². The summed E-state index contributed by atoms with van der Waals surface area (Å²) in [6.07, 6.45) is -2.19. The van der Waals surface area contributed by atoms with E-state index >= 15 is 0 Å². The van der Waals surface area contributed by atoms with Crippen molar-refractivity contribution in [2.75, 3.05) is 13.1 Å². The lowest BCUT2D eigenvalue weighted by Gasteiger charge is -2.30. The zero-order valence-electron chi connectivity index (χ0n) is 6.75. The third kappa shape index (κ3) is 0.903. The molecule has 0 amide bonds. The van der Waals surface area contributed by atoms with Crippen LogP contribution < -0.4 is 5.32 Å². The highest BCUT2D eigenvalue weighted by Crippen LogP contribution is 2.55. The molecule has 0 spiro atoms. The van der Waals surface area contributed by atoms with Gasteiger partial charge in [-0.05, 0) is 25.3 Å². The van der Waals surface area contributed by atoms with Crippen molar-refractivity contribution in [3.05, 3.63) is 0 Å². The molecule has 0 aromatic heterocycles. The summed E-state index contributed by atoms with van der Waals surface area (Å²) in [4.78, 5) is 0. The van der Waals surface area contributed by atoms with E-state index in [1.165, 1.54) is 0 Å². The molecule has 2 rings (SSSR count). The minimum atomic E-state index is -4.00. The molecule has 4 heteroatoms. The van der Waals surface area contributed by atoms with Gasteiger partial charge < -0.3 is 5.32 Å². The molecule has 70 valence electrons. The minimum absolute atomic E-state index is 0.140. The molecule has 2 atom stereocenters. The van der Waals surface area contributed by atoms with Crippen molar-refractivity contribution in [2.45, 2.75) is 25.4 Å². The van der Waals surface area contributed by atoms with E-state index in [1.54, 1.807) is 0 Å². The molecule has 1 nitrogen and oxygen atoms in total. The van der Waals surface area contributed by atoms with Gasteiger partial charge in [-0.15, -0.1) is 0 Å². The van der Waals surface area contributed by atoms with Crippen LogP contribution in [0, 0.1) is 11.3 Å². The van der Waals surface area contributed by atoms with Crippen molar-refractivity contribution >= 4 is 0 Å². The number of halogens is 3. The zero-order chi connectivity index (χ0) is 8.82. The van der Waals surface area contributed by atoms with Crippen molar-refractivity contribution in [1.82, 2.24) is 5.32 Å². The van der Waals surface area contributed by atoms with E-state index in [9.17, 15) is 13.2 Å². The molecule has 2 fully saturated rings. The molecular weight excluding hydrogens is 167 g/mol. The normalized spacial score (nSPS) is 41.8. The standard InChI is InChI=1S/C8H12F3N/c9-8(10,11)7-3-1-2-6(7)4-12-5-7/h6,12H,1-5H2/t6-,7-/m0/s1. The van der Waals surface area contributed by atoms with Gasteiger partial charge in [0.05, 0.1) is 5.41 Å². The van der Waals surface area contributed by atoms with Crippen LogP contribution in [0.2, 0.25) is 0 Å². The van der Waals surface area contributed by atoms with E-state index in [0.29, 0.717) is 13.0 Å². The van der Waals surface area contributed by atoms with E-state index in [-0.39, 0.29) is 12.5 Å². The number of nitrogens with one attached hydrogen (secondary N) is 1. The fourth-order valence-corrected chi connectivity index (χ4v) is 2.62. The summed E-state index contributed by atoms with van der Waals surface area (Å²) >= 11 is 0. The zero-order valence-corrected chi connectivity index (χ0v) is 6.75. The molecule has 1 heterocycles. The quantitative estimate of drug-likeness (QED) is 0.599. The first-order valence-corrected chi connectivity index (χ1v) is 4.34. The topological polar surface area (TPSA) is 12.0 Å². The Morgan fingerprint density at radius 3 is 2.67 bits per heavy atom. The Morgan fingerprint density at radius 2 is 2.08 bits per heavy atom. The predicted molar refractivity (Wildman–Crippen MR) is 38.7 cm³/mol. The molecule has 0 radical (unpaired) electrons. The van der Waals surface area contributed by atoms with E-state index in [0.717, 1.165) is 12.8 Å². The summed E-state index contributed by atoms with van der Waals surface area (Å²) in [5.74, 6) is -0.155. The number of hydrogen-bond acceptors (Lipinski definition) is 1. The molecule has 1 N–H and O–H groups in total. The van der Waals surface area contributed by atoms with Crippen LogP contribution in [0.1, 0.15) is 19.3 Å². The molecule has 1 aliphatic heterocycles. The smallest absolute Gasteiger partial charge is 0.316 e. The third-order valence-electron chi connectivity index (χ3n) is 3.35. The van der Waals surface area contributed by atoms with Crippen LogP contribution in [0.4, 0.5) is 13.2 Å². The first-order valence-electron chi connectivity index (χ1n) is 4.34. The van der Waals surface area contributed by atoms with E-state index in [4.69, 9.17) is 0 Å². The van der Waals surface area contributed by atoms with Gasteiger partial charge in [-0.3, -0.25) is 0 Å². The predicted octanol–water partition coefficient (Wildman–Crippen LogP) is 1.94. The maximum Gasteiger partial charge on any atom is 0.396 e. The first-order chi connectivity index (χ1) is 5.56. The van der Waals surface area contributed by atoms with Crippen molar-refractivity contribution in [3.63, 3.8) is 0 Å². The molecular formula is C8H12F3N. The Kier molecular flexibility index (Phi) is 1.65. The van der Waals surface area contributed by atoms with Gasteiger partial charge in [0.1, 0.15) is 0 Å². The van der Waals surface area contributed by atoms with Gasteiger partial charge in [-0.1, -0.05) is 6.42 Å². The summed E-state index contributed by atoms with van der Waals surface area (Å²) < 4.78 is 38.0. The number of hydrogen-bond donors (Lipinski definition) is 1. The van der Waals surface area contributed by atoms with Crippen LogP contribution in [0.3, 0.4) is 0 Å². The van der Waals surface area contributed by atoms with Gasteiger partial charge in [0.2, 0.25) is 0 Å². The second-order valence-corrected chi connectivity index (χ2v) is 3.87. The Bertz CT molecular complexity index is 177. The highest BCUT2D eigenvalue weighted by atomic mass is 19.4. The van der Waals surface area contributed by atoms with Crippen LogP contribution in [0.5, 0.6) is 0 Å². The SMILES string of the molecule is FC(F)(F)[C@]12CCC[C@H]1CNC2. The molecule has 12 heavy (non-hydrogen) atoms. The lowest BCUT2D eigenvalue weighted by Crippen LogP contribution is -2.41. The lowest BCUT2D eigenvalue weighted by atomic mass is 9.80. The Hall–Kier alpha value is -0.250. The molecule has 1 saturated heterocycles. The lowest BCUT2D eigenvalue weighted by molar-refractivity contribution is -0.224. The number of fused-ring (bicyclic) bond motifs is 1. The van der Waals surface area contributed by atoms with Gasteiger partial charge in [0, 0.05) is 6.54 Å². The van der Waals surface area contributed by atoms with Crippen molar-refractivity contribution in [2.24, 2.45) is 11.3 Å². The van der Waals surface area contributed by atoms with Crippen LogP contribution >= 0.6 is 0 Å². The third-order valence-corrected chi connectivity index (χ3v) is 3.35. The summed E-state index contributed by atoms with van der Waals surface area (Å²) in [5.41, 5.74) is -1.37. The molecule has 1 saturated carbocycles.